The molecule has 2 aromatic carbocycles. The maximum absolute atomic E-state index is 13.3. The molecule has 0 unspecified atom stereocenters. The molecule has 5 aromatic rings. The molecule has 0 radical (unpaired) electrons. The molecule has 0 saturated carbocycles. The van der Waals surface area contributed by atoms with Crippen molar-refractivity contribution in [2.75, 3.05) is 14.2 Å². The maximum Gasteiger partial charge on any atom is 0.261 e. The van der Waals surface area contributed by atoms with Crippen LogP contribution in [0.5, 0.6) is 5.75 Å². The Morgan fingerprint density at radius 2 is 1.75 bits per heavy atom. The minimum Gasteiger partial charge on any atom is -0.496 e. The fourth-order valence-electron chi connectivity index (χ4n) is 4.03. The van der Waals surface area contributed by atoms with Gasteiger partial charge in [-0.05, 0) is 17.7 Å². The lowest BCUT2D eigenvalue weighted by Crippen LogP contribution is -2.21. The quantitative estimate of drug-likeness (QED) is 0.412. The molecule has 0 saturated heterocycles. The van der Waals surface area contributed by atoms with Gasteiger partial charge in [0.2, 0.25) is 0 Å². The third kappa shape index (κ3) is 3.33. The molecule has 7 nitrogen and oxygen atoms in total. The number of methoxy groups -OCH3 is 2. The van der Waals surface area contributed by atoms with Crippen molar-refractivity contribution in [1.82, 2.24) is 19.2 Å². The van der Waals surface area contributed by atoms with Crippen LogP contribution in [0.15, 0.2) is 77.9 Å². The zero-order valence-electron chi connectivity index (χ0n) is 17.9. The summed E-state index contributed by atoms with van der Waals surface area (Å²) >= 11 is 0. The lowest BCUT2D eigenvalue weighted by atomic mass is 10.1. The summed E-state index contributed by atoms with van der Waals surface area (Å²) in [4.78, 5) is 17.9. The van der Waals surface area contributed by atoms with E-state index < -0.39 is 0 Å². The Balaban J connectivity index is 1.68. The lowest BCUT2D eigenvalue weighted by molar-refractivity contribution is 0.181. The smallest absolute Gasteiger partial charge is 0.261 e. The van der Waals surface area contributed by atoms with Gasteiger partial charge in [0, 0.05) is 25.1 Å². The number of nitrogens with zero attached hydrogens (tertiary/aromatic N) is 4. The fraction of sp³-hybridized carbons (Fsp3) is 0.160. The first-order chi connectivity index (χ1) is 15.7. The Bertz CT molecular complexity index is 1470. The third-order valence-corrected chi connectivity index (χ3v) is 5.53. The standard InChI is InChI=1S/C25H22N4O3/c1-31-16-20-23(17-8-4-3-5-9-17)24-26-14-19-21(29(24)27-20)12-13-28(25(19)30)15-18-10-6-7-11-22(18)32-2/h3-14H,15-16H2,1-2H3. The van der Waals surface area contributed by atoms with Gasteiger partial charge in [-0.2, -0.15) is 5.10 Å². The van der Waals surface area contributed by atoms with Gasteiger partial charge in [0.15, 0.2) is 5.65 Å². The van der Waals surface area contributed by atoms with Gasteiger partial charge in [0.25, 0.3) is 5.56 Å². The molecule has 160 valence electrons. The third-order valence-electron chi connectivity index (χ3n) is 5.53. The number of para-hydroxylation sites is 1. The minimum atomic E-state index is -0.132. The molecule has 0 bridgehead atoms. The van der Waals surface area contributed by atoms with Crippen LogP contribution in [0.1, 0.15) is 11.3 Å². The van der Waals surface area contributed by atoms with Crippen molar-refractivity contribution in [2.45, 2.75) is 13.2 Å². The van der Waals surface area contributed by atoms with E-state index in [1.807, 2.05) is 60.7 Å². The highest BCUT2D eigenvalue weighted by atomic mass is 16.5. The predicted molar refractivity (Wildman–Crippen MR) is 123 cm³/mol. The van der Waals surface area contributed by atoms with E-state index in [0.29, 0.717) is 29.7 Å². The molecular weight excluding hydrogens is 404 g/mol. The molecule has 0 fully saturated rings. The number of pyridine rings is 1. The highest BCUT2D eigenvalue weighted by Crippen LogP contribution is 2.29. The molecule has 5 rings (SSSR count). The van der Waals surface area contributed by atoms with E-state index in [1.54, 1.807) is 35.7 Å². The summed E-state index contributed by atoms with van der Waals surface area (Å²) in [5.74, 6) is 0.747. The molecule has 32 heavy (non-hydrogen) atoms. The number of ether oxygens (including phenoxy) is 2. The number of hydrogen-bond acceptors (Lipinski definition) is 5. The van der Waals surface area contributed by atoms with Crippen molar-refractivity contribution in [3.8, 4) is 16.9 Å². The molecule has 7 heteroatoms. The van der Waals surface area contributed by atoms with Crippen LogP contribution in [0.2, 0.25) is 0 Å². The Hall–Kier alpha value is -3.97. The summed E-state index contributed by atoms with van der Waals surface area (Å²) in [6.07, 6.45) is 3.42. The second kappa shape index (κ2) is 8.28. The van der Waals surface area contributed by atoms with E-state index in [-0.39, 0.29) is 5.56 Å². The number of fused-ring (bicyclic) bond motifs is 3. The number of benzene rings is 2. The van der Waals surface area contributed by atoms with Gasteiger partial charge in [0.1, 0.15) is 5.75 Å². The zero-order chi connectivity index (χ0) is 22.1. The average Bonchev–Trinajstić information content (AvgIpc) is 3.20. The van der Waals surface area contributed by atoms with Gasteiger partial charge < -0.3 is 14.0 Å². The fourth-order valence-corrected chi connectivity index (χ4v) is 4.03. The first kappa shape index (κ1) is 20.0. The van der Waals surface area contributed by atoms with Crippen LogP contribution in [0.25, 0.3) is 27.7 Å². The molecule has 0 N–H and O–H groups in total. The van der Waals surface area contributed by atoms with Crippen LogP contribution < -0.4 is 10.3 Å². The van der Waals surface area contributed by atoms with Crippen LogP contribution >= 0.6 is 0 Å². The molecule has 3 aromatic heterocycles. The summed E-state index contributed by atoms with van der Waals surface area (Å²) < 4.78 is 14.2. The largest absolute Gasteiger partial charge is 0.496 e. The highest BCUT2D eigenvalue weighted by Gasteiger charge is 2.18. The molecular formula is C25H22N4O3. The van der Waals surface area contributed by atoms with Gasteiger partial charge in [0.05, 0.1) is 42.4 Å². The monoisotopic (exact) mass is 426 g/mol. The summed E-state index contributed by atoms with van der Waals surface area (Å²) in [5.41, 5.74) is 4.88. The second-order valence-electron chi connectivity index (χ2n) is 7.47. The van der Waals surface area contributed by atoms with E-state index >= 15 is 0 Å². The topological polar surface area (TPSA) is 70.7 Å². The Kier molecular flexibility index (Phi) is 5.17. The normalized spacial score (nSPS) is 11.3. The molecule has 0 aliphatic rings. The van der Waals surface area contributed by atoms with Crippen LogP contribution in [-0.4, -0.2) is 33.4 Å². The Labute approximate surface area is 184 Å². The number of aromatic nitrogens is 4. The van der Waals surface area contributed by atoms with Crippen molar-refractivity contribution in [3.63, 3.8) is 0 Å². The van der Waals surface area contributed by atoms with Gasteiger partial charge in [-0.1, -0.05) is 48.5 Å². The van der Waals surface area contributed by atoms with Gasteiger partial charge in [-0.15, -0.1) is 0 Å². The van der Waals surface area contributed by atoms with Crippen molar-refractivity contribution in [2.24, 2.45) is 0 Å². The summed E-state index contributed by atoms with van der Waals surface area (Å²) in [7, 11) is 3.27. The van der Waals surface area contributed by atoms with E-state index in [4.69, 9.17) is 14.6 Å². The molecule has 0 spiro atoms. The van der Waals surface area contributed by atoms with E-state index in [9.17, 15) is 4.79 Å². The Morgan fingerprint density at radius 1 is 0.969 bits per heavy atom. The Morgan fingerprint density at radius 3 is 2.53 bits per heavy atom. The summed E-state index contributed by atoms with van der Waals surface area (Å²) in [5, 5.41) is 5.25. The van der Waals surface area contributed by atoms with Crippen molar-refractivity contribution in [1.29, 1.82) is 0 Å². The summed E-state index contributed by atoms with van der Waals surface area (Å²) in [6, 6.07) is 19.6. The molecule has 0 amide bonds. The molecule has 0 atom stereocenters. The number of hydrogen-bond donors (Lipinski definition) is 0. The highest BCUT2D eigenvalue weighted by molar-refractivity contribution is 5.86. The molecule has 0 aliphatic heterocycles. The van der Waals surface area contributed by atoms with Crippen molar-refractivity contribution >= 4 is 16.6 Å². The first-order valence-electron chi connectivity index (χ1n) is 10.3. The van der Waals surface area contributed by atoms with Gasteiger partial charge in [-0.25, -0.2) is 9.50 Å². The van der Waals surface area contributed by atoms with Crippen LogP contribution in [0.3, 0.4) is 0 Å². The van der Waals surface area contributed by atoms with E-state index in [1.165, 1.54) is 0 Å². The van der Waals surface area contributed by atoms with Crippen LogP contribution in [-0.2, 0) is 17.9 Å². The van der Waals surface area contributed by atoms with E-state index in [0.717, 1.165) is 28.1 Å². The first-order valence-corrected chi connectivity index (χ1v) is 10.3. The molecule has 3 heterocycles. The summed E-state index contributed by atoms with van der Waals surface area (Å²) in [6.45, 7) is 0.750. The number of rotatable bonds is 6. The van der Waals surface area contributed by atoms with Crippen LogP contribution in [0.4, 0.5) is 0 Å². The van der Waals surface area contributed by atoms with Crippen molar-refractivity contribution in [3.05, 3.63) is 94.7 Å². The average molecular weight is 426 g/mol. The van der Waals surface area contributed by atoms with Crippen LogP contribution in [0, 0.1) is 0 Å². The zero-order valence-corrected chi connectivity index (χ0v) is 17.9. The predicted octanol–water partition coefficient (Wildman–Crippen LogP) is 3.91. The van der Waals surface area contributed by atoms with Gasteiger partial charge >= 0.3 is 0 Å². The van der Waals surface area contributed by atoms with E-state index in [2.05, 4.69) is 4.98 Å². The molecule has 0 aliphatic carbocycles. The maximum atomic E-state index is 13.3. The second-order valence-corrected chi connectivity index (χ2v) is 7.47. The minimum absolute atomic E-state index is 0.132. The van der Waals surface area contributed by atoms with Gasteiger partial charge in [-0.3, -0.25) is 4.79 Å². The lowest BCUT2D eigenvalue weighted by Gasteiger charge is -2.11. The van der Waals surface area contributed by atoms with Crippen molar-refractivity contribution < 1.29 is 9.47 Å². The SMILES string of the molecule is COCc1nn2c(ncc3c(=O)n(Cc4ccccc4OC)ccc32)c1-c1ccccc1.